The Bertz CT molecular complexity index is 713. The Hall–Kier alpha value is -1.20. The minimum absolute atomic E-state index is 0.228. The Morgan fingerprint density at radius 3 is 2.74 bits per heavy atom. The monoisotopic (exact) mass is 418 g/mol. The molecule has 1 unspecified atom stereocenters. The highest BCUT2D eigenvalue weighted by molar-refractivity contribution is 7.89. The Balaban J connectivity index is 1.60. The SMILES string of the molecule is CN=C(NCCCOC1CCOC1)NCCNS(=O)(=O)c1cc(C)sc1C. The lowest BCUT2D eigenvalue weighted by Crippen LogP contribution is -2.42. The minimum Gasteiger partial charge on any atom is -0.379 e. The number of hydrogen-bond acceptors (Lipinski definition) is 6. The minimum atomic E-state index is -3.47. The Morgan fingerprint density at radius 2 is 2.11 bits per heavy atom. The van der Waals surface area contributed by atoms with Crippen LogP contribution in [-0.4, -0.2) is 67.0 Å². The Morgan fingerprint density at radius 1 is 1.33 bits per heavy atom. The van der Waals surface area contributed by atoms with E-state index in [0.717, 1.165) is 35.7 Å². The van der Waals surface area contributed by atoms with Crippen LogP contribution in [-0.2, 0) is 19.5 Å². The van der Waals surface area contributed by atoms with Crippen LogP contribution in [0.5, 0.6) is 0 Å². The Kier molecular flexibility index (Phi) is 8.97. The normalized spacial score (nSPS) is 18.0. The van der Waals surface area contributed by atoms with Crippen molar-refractivity contribution in [2.24, 2.45) is 4.99 Å². The van der Waals surface area contributed by atoms with Crippen molar-refractivity contribution in [3.05, 3.63) is 15.8 Å². The number of rotatable bonds is 10. The highest BCUT2D eigenvalue weighted by Crippen LogP contribution is 2.24. The zero-order valence-corrected chi connectivity index (χ0v) is 17.8. The Labute approximate surface area is 165 Å². The first kappa shape index (κ1) is 22.1. The van der Waals surface area contributed by atoms with Crippen molar-refractivity contribution in [3.8, 4) is 0 Å². The van der Waals surface area contributed by atoms with E-state index in [2.05, 4.69) is 20.3 Å². The van der Waals surface area contributed by atoms with E-state index < -0.39 is 10.0 Å². The molecule has 0 aromatic carbocycles. The van der Waals surface area contributed by atoms with Crippen LogP contribution >= 0.6 is 11.3 Å². The second-order valence-corrected chi connectivity index (χ2v) is 9.51. The van der Waals surface area contributed by atoms with Gasteiger partial charge in [0.2, 0.25) is 10.0 Å². The zero-order chi connectivity index (χ0) is 19.7. The number of sulfonamides is 1. The number of aliphatic imine (C=N–C) groups is 1. The summed E-state index contributed by atoms with van der Waals surface area (Å²) in [6, 6.07) is 1.70. The first-order valence-electron chi connectivity index (χ1n) is 9.13. The summed E-state index contributed by atoms with van der Waals surface area (Å²) in [4.78, 5) is 6.28. The van der Waals surface area contributed by atoms with Gasteiger partial charge in [0.1, 0.15) is 0 Å². The average Bonchev–Trinajstić information content (AvgIpc) is 3.26. The first-order valence-corrected chi connectivity index (χ1v) is 11.4. The molecule has 0 spiro atoms. The van der Waals surface area contributed by atoms with Gasteiger partial charge in [0, 0.05) is 49.6 Å². The second-order valence-electron chi connectivity index (χ2n) is 6.31. The van der Waals surface area contributed by atoms with Gasteiger partial charge in [-0.2, -0.15) is 0 Å². The van der Waals surface area contributed by atoms with Crippen molar-refractivity contribution in [2.45, 2.75) is 37.7 Å². The van der Waals surface area contributed by atoms with E-state index in [9.17, 15) is 8.42 Å². The molecule has 8 nitrogen and oxygen atoms in total. The maximum absolute atomic E-state index is 12.3. The summed E-state index contributed by atoms with van der Waals surface area (Å²) >= 11 is 1.48. The molecule has 0 aliphatic carbocycles. The number of aryl methyl sites for hydroxylation is 2. The molecule has 1 aromatic rings. The molecule has 1 aromatic heterocycles. The molecule has 3 N–H and O–H groups in total. The van der Waals surface area contributed by atoms with E-state index in [1.54, 1.807) is 13.1 Å². The highest BCUT2D eigenvalue weighted by atomic mass is 32.2. The summed E-state index contributed by atoms with van der Waals surface area (Å²) in [7, 11) is -1.79. The third kappa shape index (κ3) is 7.38. The summed E-state index contributed by atoms with van der Waals surface area (Å²) in [5.74, 6) is 0.640. The number of nitrogens with zero attached hydrogens (tertiary/aromatic N) is 1. The lowest BCUT2D eigenvalue weighted by Gasteiger charge is -2.13. The smallest absolute Gasteiger partial charge is 0.241 e. The molecule has 1 aliphatic heterocycles. The summed E-state index contributed by atoms with van der Waals surface area (Å²) < 4.78 is 38.3. The quantitative estimate of drug-likeness (QED) is 0.298. The van der Waals surface area contributed by atoms with Gasteiger partial charge in [-0.3, -0.25) is 4.99 Å². The largest absolute Gasteiger partial charge is 0.379 e. The lowest BCUT2D eigenvalue weighted by molar-refractivity contribution is 0.0420. The third-order valence-electron chi connectivity index (χ3n) is 4.07. The van der Waals surface area contributed by atoms with Crippen LogP contribution in [0.4, 0.5) is 0 Å². The molecule has 2 heterocycles. The highest BCUT2D eigenvalue weighted by Gasteiger charge is 2.18. The number of ether oxygens (including phenoxy) is 2. The molecule has 0 amide bonds. The van der Waals surface area contributed by atoms with Gasteiger partial charge in [0.05, 0.1) is 17.6 Å². The fraction of sp³-hybridized carbons (Fsp3) is 0.706. The molecule has 0 saturated carbocycles. The fourth-order valence-corrected chi connectivity index (χ4v) is 5.30. The molecule has 1 atom stereocenters. The zero-order valence-electron chi connectivity index (χ0n) is 16.2. The number of hydrogen-bond donors (Lipinski definition) is 3. The van der Waals surface area contributed by atoms with Gasteiger partial charge in [0.25, 0.3) is 0 Å². The summed E-state index contributed by atoms with van der Waals surface area (Å²) in [5.41, 5.74) is 0. The van der Waals surface area contributed by atoms with Gasteiger partial charge < -0.3 is 20.1 Å². The van der Waals surface area contributed by atoms with Crippen LogP contribution in [0.15, 0.2) is 16.0 Å². The maximum atomic E-state index is 12.3. The van der Waals surface area contributed by atoms with Crippen LogP contribution in [0.25, 0.3) is 0 Å². The van der Waals surface area contributed by atoms with Crippen LogP contribution in [0, 0.1) is 13.8 Å². The summed E-state index contributed by atoms with van der Waals surface area (Å²) in [6.45, 7) is 7.33. The van der Waals surface area contributed by atoms with Gasteiger partial charge in [0.15, 0.2) is 5.96 Å². The first-order chi connectivity index (χ1) is 12.9. The van der Waals surface area contributed by atoms with Crippen LogP contribution < -0.4 is 15.4 Å². The van der Waals surface area contributed by atoms with Gasteiger partial charge in [-0.25, -0.2) is 13.1 Å². The predicted molar refractivity (Wildman–Crippen MR) is 108 cm³/mol. The van der Waals surface area contributed by atoms with Crippen LogP contribution in [0.2, 0.25) is 0 Å². The van der Waals surface area contributed by atoms with Gasteiger partial charge in [-0.05, 0) is 32.8 Å². The summed E-state index contributed by atoms with van der Waals surface area (Å²) in [5, 5.41) is 6.29. The molecule has 0 bridgehead atoms. The molecule has 1 aliphatic rings. The molecule has 1 fully saturated rings. The van der Waals surface area contributed by atoms with Crippen molar-refractivity contribution < 1.29 is 17.9 Å². The summed E-state index contributed by atoms with van der Waals surface area (Å²) in [6.07, 6.45) is 2.06. The number of nitrogens with one attached hydrogen (secondary N) is 3. The van der Waals surface area contributed by atoms with Crippen LogP contribution in [0.1, 0.15) is 22.6 Å². The van der Waals surface area contributed by atoms with Crippen LogP contribution in [0.3, 0.4) is 0 Å². The molecule has 2 rings (SSSR count). The van der Waals surface area contributed by atoms with Crippen molar-refractivity contribution in [1.82, 2.24) is 15.4 Å². The van der Waals surface area contributed by atoms with Crippen molar-refractivity contribution in [1.29, 1.82) is 0 Å². The third-order valence-corrected chi connectivity index (χ3v) is 6.76. The van der Waals surface area contributed by atoms with E-state index in [4.69, 9.17) is 9.47 Å². The molecule has 154 valence electrons. The number of thiophene rings is 1. The lowest BCUT2D eigenvalue weighted by atomic mass is 10.3. The van der Waals surface area contributed by atoms with E-state index in [1.807, 2.05) is 13.8 Å². The van der Waals surface area contributed by atoms with Gasteiger partial charge in [-0.1, -0.05) is 0 Å². The van der Waals surface area contributed by atoms with Crippen molar-refractivity contribution >= 4 is 27.3 Å². The van der Waals surface area contributed by atoms with Crippen molar-refractivity contribution in [3.63, 3.8) is 0 Å². The van der Waals surface area contributed by atoms with Crippen molar-refractivity contribution in [2.75, 3.05) is 46.5 Å². The van der Waals surface area contributed by atoms with Gasteiger partial charge in [-0.15, -0.1) is 11.3 Å². The second kappa shape index (κ2) is 11.0. The predicted octanol–water partition coefficient (Wildman–Crippen LogP) is 1.00. The number of guanidine groups is 1. The molecule has 10 heteroatoms. The molecule has 27 heavy (non-hydrogen) atoms. The van der Waals surface area contributed by atoms with E-state index >= 15 is 0 Å². The standard InChI is InChI=1S/C17H30N4O4S2/c1-13-11-16(14(2)26-13)27(22,23)21-8-7-20-17(18-3)19-6-4-9-25-15-5-10-24-12-15/h11,15,21H,4-10,12H2,1-3H3,(H2,18,19,20). The fourth-order valence-electron chi connectivity index (χ4n) is 2.71. The average molecular weight is 419 g/mol. The van der Waals surface area contributed by atoms with Gasteiger partial charge >= 0.3 is 0 Å². The van der Waals surface area contributed by atoms with E-state index in [1.165, 1.54) is 11.3 Å². The molecular formula is C17H30N4O4S2. The van der Waals surface area contributed by atoms with E-state index in [0.29, 0.717) is 30.6 Å². The van der Waals surface area contributed by atoms with E-state index in [-0.39, 0.29) is 12.6 Å². The molecular weight excluding hydrogens is 388 g/mol. The maximum Gasteiger partial charge on any atom is 0.241 e. The topological polar surface area (TPSA) is 101 Å². The molecule has 1 saturated heterocycles. The molecule has 0 radical (unpaired) electrons.